The topological polar surface area (TPSA) is 167 Å². The van der Waals surface area contributed by atoms with Crippen molar-refractivity contribution in [3.8, 4) is 11.1 Å². The third-order valence-electron chi connectivity index (χ3n) is 5.85. The second-order valence-electron chi connectivity index (χ2n) is 7.56. The average molecular weight is 510 g/mol. The Morgan fingerprint density at radius 1 is 0.743 bits per heavy atom. The largest absolute Gasteiger partial charge is 1.00 e. The third kappa shape index (κ3) is 6.40. The van der Waals surface area contributed by atoms with Crippen LogP contribution in [0.25, 0.3) is 11.1 Å². The first-order valence-corrected chi connectivity index (χ1v) is 12.5. The van der Waals surface area contributed by atoms with Crippen molar-refractivity contribution in [2.45, 2.75) is 40.9 Å². The zero-order valence-corrected chi connectivity index (χ0v) is 21.3. The molecular weight excluding hydrogens is 490 g/mol. The van der Waals surface area contributed by atoms with Crippen molar-refractivity contribution >= 4 is 32.2 Å². The van der Waals surface area contributed by atoms with Gasteiger partial charge in [-0.05, 0) is 59.4 Å². The molecule has 0 radical (unpaired) electrons. The van der Waals surface area contributed by atoms with Gasteiger partial charge < -0.3 is 18.6 Å². The maximum absolute atomic E-state index is 12.0. The Labute approximate surface area is 227 Å². The van der Waals surface area contributed by atoms with Gasteiger partial charge in [0.05, 0.1) is 24.0 Å². The number of hydrogen-bond acceptors (Lipinski definition) is 10. The molecule has 0 saturated heterocycles. The van der Waals surface area contributed by atoms with Crippen LogP contribution in [0.1, 0.15) is 36.8 Å². The van der Waals surface area contributed by atoms with Crippen LogP contribution < -0.4 is 37.7 Å². The van der Waals surface area contributed by atoms with E-state index in [0.29, 0.717) is 22.3 Å². The maximum Gasteiger partial charge on any atom is 1.00 e. The fourth-order valence-corrected chi connectivity index (χ4v) is 5.26. The molecular formula is C21H20Li2O10S2. The van der Waals surface area contributed by atoms with Crippen molar-refractivity contribution < 1.29 is 82.7 Å². The summed E-state index contributed by atoms with van der Waals surface area (Å²) in [4.78, 5) is 22.9. The Hall–Kier alpha value is -1.61. The number of esters is 2. The van der Waals surface area contributed by atoms with E-state index in [1.165, 1.54) is 26.4 Å². The standard InChI is InChI=1S/C21H22O10S2.2Li/c1-30-19(22)7-9-21(10-8-20(23)31-2)17-11-13(32(24,25)26)3-5-15(17)16-6-4-14(12-18(16)21)33(27,28)29;;/h3-6,11-12H,7-10H2,1-2H3,(H,24,25,26)(H,27,28,29);;/q;2*+1/p-2. The second kappa shape index (κ2) is 11.6. The summed E-state index contributed by atoms with van der Waals surface area (Å²) in [6, 6.07) is 7.39. The van der Waals surface area contributed by atoms with Gasteiger partial charge in [0, 0.05) is 18.3 Å². The molecule has 3 rings (SSSR count). The molecule has 0 aliphatic heterocycles. The minimum absolute atomic E-state index is 0. The molecule has 14 heteroatoms. The van der Waals surface area contributed by atoms with Crippen LogP contribution in [0.2, 0.25) is 0 Å². The molecule has 1 aliphatic carbocycles. The van der Waals surface area contributed by atoms with E-state index in [9.17, 15) is 35.5 Å². The van der Waals surface area contributed by atoms with Crippen molar-refractivity contribution in [1.29, 1.82) is 0 Å². The van der Waals surface area contributed by atoms with Gasteiger partial charge in [-0.25, -0.2) is 16.8 Å². The number of benzene rings is 2. The fourth-order valence-electron chi connectivity index (χ4n) is 4.26. The summed E-state index contributed by atoms with van der Waals surface area (Å²) in [6.45, 7) is 0. The quantitative estimate of drug-likeness (QED) is 0.192. The molecule has 35 heavy (non-hydrogen) atoms. The van der Waals surface area contributed by atoms with Crippen LogP contribution in [-0.2, 0) is 44.7 Å². The van der Waals surface area contributed by atoms with Crippen LogP contribution in [0.3, 0.4) is 0 Å². The molecule has 0 heterocycles. The van der Waals surface area contributed by atoms with Crippen LogP contribution >= 0.6 is 0 Å². The molecule has 0 unspecified atom stereocenters. The van der Waals surface area contributed by atoms with Gasteiger partial charge in [0.25, 0.3) is 0 Å². The van der Waals surface area contributed by atoms with E-state index in [2.05, 4.69) is 0 Å². The average Bonchev–Trinajstić information content (AvgIpc) is 3.03. The molecule has 0 spiro atoms. The van der Waals surface area contributed by atoms with Gasteiger partial charge in [-0.3, -0.25) is 9.59 Å². The first-order chi connectivity index (χ1) is 15.3. The molecule has 0 aromatic heterocycles. The summed E-state index contributed by atoms with van der Waals surface area (Å²) in [7, 11) is -7.32. The van der Waals surface area contributed by atoms with E-state index in [1.807, 2.05) is 0 Å². The molecule has 0 bridgehead atoms. The van der Waals surface area contributed by atoms with E-state index in [1.54, 1.807) is 0 Å². The smallest absolute Gasteiger partial charge is 0.744 e. The Kier molecular flexibility index (Phi) is 10.4. The van der Waals surface area contributed by atoms with Gasteiger partial charge >= 0.3 is 49.7 Å². The summed E-state index contributed by atoms with van der Waals surface area (Å²) in [5.41, 5.74) is 0.350. The predicted octanol–water partition coefficient (Wildman–Crippen LogP) is -4.32. The number of hydrogen-bond donors (Lipinski definition) is 0. The van der Waals surface area contributed by atoms with Crippen LogP contribution in [0, 0.1) is 0 Å². The molecule has 1 aliphatic rings. The first-order valence-electron chi connectivity index (χ1n) is 9.68. The minimum atomic E-state index is -4.84. The Balaban J connectivity index is 0.00000306. The summed E-state index contributed by atoms with van der Waals surface area (Å²) >= 11 is 0. The normalized spacial score (nSPS) is 13.5. The van der Waals surface area contributed by atoms with Crippen molar-refractivity contribution in [2.75, 3.05) is 14.2 Å². The molecule has 10 nitrogen and oxygen atoms in total. The van der Waals surface area contributed by atoms with E-state index in [-0.39, 0.29) is 63.4 Å². The van der Waals surface area contributed by atoms with Crippen molar-refractivity contribution in [3.63, 3.8) is 0 Å². The minimum Gasteiger partial charge on any atom is -0.744 e. The van der Waals surface area contributed by atoms with Gasteiger partial charge in [-0.15, -0.1) is 0 Å². The first kappa shape index (κ1) is 31.4. The number of rotatable bonds is 8. The van der Waals surface area contributed by atoms with E-state index in [0.717, 1.165) is 24.3 Å². The summed E-state index contributed by atoms with van der Waals surface area (Å²) in [5.74, 6) is -1.19. The molecule has 0 saturated carbocycles. The number of methoxy groups -OCH3 is 2. The molecule has 0 N–H and O–H groups in total. The third-order valence-corrected chi connectivity index (χ3v) is 7.51. The van der Waals surface area contributed by atoms with Crippen molar-refractivity contribution in [3.05, 3.63) is 47.5 Å². The van der Waals surface area contributed by atoms with E-state index in [4.69, 9.17) is 9.47 Å². The van der Waals surface area contributed by atoms with Gasteiger partial charge in [-0.2, -0.15) is 0 Å². The predicted molar refractivity (Wildman–Crippen MR) is 111 cm³/mol. The Morgan fingerprint density at radius 3 is 1.37 bits per heavy atom. The molecule has 0 amide bonds. The summed E-state index contributed by atoms with van der Waals surface area (Å²) < 4.78 is 79.6. The van der Waals surface area contributed by atoms with Crippen molar-refractivity contribution in [2.24, 2.45) is 0 Å². The van der Waals surface area contributed by atoms with Crippen LogP contribution in [0.4, 0.5) is 0 Å². The molecule has 2 aromatic carbocycles. The molecule has 178 valence electrons. The van der Waals surface area contributed by atoms with Crippen LogP contribution in [-0.4, -0.2) is 52.1 Å². The van der Waals surface area contributed by atoms with Crippen LogP contribution in [0.5, 0.6) is 0 Å². The van der Waals surface area contributed by atoms with Crippen LogP contribution in [0.15, 0.2) is 46.2 Å². The molecule has 2 aromatic rings. The van der Waals surface area contributed by atoms with E-state index >= 15 is 0 Å². The van der Waals surface area contributed by atoms with E-state index < -0.39 is 47.4 Å². The number of ether oxygens (including phenoxy) is 2. The summed E-state index contributed by atoms with van der Waals surface area (Å²) in [5, 5.41) is 0. The summed E-state index contributed by atoms with van der Waals surface area (Å²) in [6.07, 6.45) is -0.360. The fraction of sp³-hybridized carbons (Fsp3) is 0.333. The number of carbonyl (C=O) groups is 2. The maximum atomic E-state index is 12.0. The van der Waals surface area contributed by atoms with Gasteiger partial charge in [0.15, 0.2) is 0 Å². The Bertz CT molecular complexity index is 1230. The van der Waals surface area contributed by atoms with Gasteiger partial charge in [0.1, 0.15) is 20.2 Å². The molecule has 0 fully saturated rings. The molecule has 0 atom stereocenters. The SMILES string of the molecule is COC(=O)CCC1(CCC(=O)OC)c2cc(S(=O)(=O)[O-])ccc2-c2ccc(S(=O)(=O)[O-])cc21.[Li+].[Li+]. The number of fused-ring (bicyclic) bond motifs is 3. The Morgan fingerprint density at radius 2 is 1.09 bits per heavy atom. The van der Waals surface area contributed by atoms with Gasteiger partial charge in [0.2, 0.25) is 0 Å². The zero-order chi connectivity index (χ0) is 24.6. The number of carbonyl (C=O) groups excluding carboxylic acids is 2. The second-order valence-corrected chi connectivity index (χ2v) is 10.3. The monoisotopic (exact) mass is 510 g/mol. The zero-order valence-electron chi connectivity index (χ0n) is 19.7. The van der Waals surface area contributed by atoms with Crippen molar-refractivity contribution in [1.82, 2.24) is 0 Å². The van der Waals surface area contributed by atoms with Gasteiger partial charge in [-0.1, -0.05) is 12.1 Å².